The molecule has 0 atom stereocenters. The molecule has 0 aliphatic carbocycles. The first-order valence-electron chi connectivity index (χ1n) is 21.3. The van der Waals surface area contributed by atoms with Crippen molar-refractivity contribution in [3.8, 4) is 55.0 Å². The first kappa shape index (κ1) is 41.6. The minimum absolute atomic E-state index is 0.739. The summed E-state index contributed by atoms with van der Waals surface area (Å²) in [7, 11) is 0. The van der Waals surface area contributed by atoms with Crippen molar-refractivity contribution < 1.29 is 9.47 Å². The van der Waals surface area contributed by atoms with Crippen LogP contribution in [0.3, 0.4) is 0 Å². The van der Waals surface area contributed by atoms with Crippen molar-refractivity contribution >= 4 is 33.7 Å². The fourth-order valence-corrected chi connectivity index (χ4v) is 9.01. The Balaban J connectivity index is 1.26. The minimum atomic E-state index is 0.739. The molecule has 4 heterocycles. The van der Waals surface area contributed by atoms with Crippen LogP contribution < -0.4 is 9.47 Å². The molecular weight excluding hydrogens is 727 g/mol. The number of thiophene rings is 2. The highest BCUT2D eigenvalue weighted by Crippen LogP contribution is 2.40. The molecule has 7 heteroatoms. The Hall–Kier alpha value is -4.07. The van der Waals surface area contributed by atoms with Crippen molar-refractivity contribution in [3.63, 3.8) is 0 Å². The van der Waals surface area contributed by atoms with Crippen molar-refractivity contribution in [2.45, 2.75) is 130 Å². The first-order valence-corrected chi connectivity index (χ1v) is 23.1. The third-order valence-corrected chi connectivity index (χ3v) is 12.6. The van der Waals surface area contributed by atoms with E-state index in [-0.39, 0.29) is 0 Å². The van der Waals surface area contributed by atoms with Gasteiger partial charge in [-0.05, 0) is 109 Å². The van der Waals surface area contributed by atoms with E-state index in [0.29, 0.717) is 0 Å². The molecule has 0 fully saturated rings. The molecule has 0 saturated carbocycles. The molecule has 0 spiro atoms. The van der Waals surface area contributed by atoms with Crippen LogP contribution in [0.1, 0.15) is 128 Å². The number of ether oxygens (including phenoxy) is 2. The van der Waals surface area contributed by atoms with Crippen LogP contribution in [0.4, 0.5) is 0 Å². The van der Waals surface area contributed by atoms with Crippen LogP contribution in [-0.2, 0) is 0 Å². The zero-order chi connectivity index (χ0) is 39.0. The van der Waals surface area contributed by atoms with Gasteiger partial charge in [-0.3, -0.25) is 4.98 Å². The SMILES string of the molecule is CCCCCCCCCCOc1ccc(-c2nc3c(-c4cc(C)cs4)cnc(-c4cc(C)cs4)c3nc2-c2ccc(OCCCCCCCCCC)cc2)cc1. The zero-order valence-electron chi connectivity index (χ0n) is 34.2. The Morgan fingerprint density at radius 3 is 1.36 bits per heavy atom. The van der Waals surface area contributed by atoms with Gasteiger partial charge in [0.05, 0.1) is 29.5 Å². The maximum absolute atomic E-state index is 6.20. The van der Waals surface area contributed by atoms with Gasteiger partial charge in [0, 0.05) is 27.8 Å². The van der Waals surface area contributed by atoms with E-state index in [2.05, 4.69) is 99.1 Å². The van der Waals surface area contributed by atoms with Crippen molar-refractivity contribution in [1.29, 1.82) is 0 Å². The van der Waals surface area contributed by atoms with E-state index in [1.165, 1.54) is 101 Å². The van der Waals surface area contributed by atoms with Crippen molar-refractivity contribution in [2.24, 2.45) is 0 Å². The molecule has 0 N–H and O–H groups in total. The molecular formula is C49H61N3O2S2. The Bertz CT molecular complexity index is 1920. The van der Waals surface area contributed by atoms with Gasteiger partial charge in [0.15, 0.2) is 0 Å². The number of rotatable bonds is 24. The smallest absolute Gasteiger partial charge is 0.119 e. The molecule has 296 valence electrons. The Morgan fingerprint density at radius 2 is 0.911 bits per heavy atom. The second-order valence-corrected chi connectivity index (χ2v) is 17.1. The fourth-order valence-electron chi connectivity index (χ4n) is 7.20. The molecule has 5 nitrogen and oxygen atoms in total. The van der Waals surface area contributed by atoms with Crippen LogP contribution in [0.2, 0.25) is 0 Å². The van der Waals surface area contributed by atoms with E-state index in [4.69, 9.17) is 24.4 Å². The molecule has 6 aromatic rings. The molecule has 56 heavy (non-hydrogen) atoms. The highest BCUT2D eigenvalue weighted by Gasteiger charge is 2.21. The Morgan fingerprint density at radius 1 is 0.482 bits per heavy atom. The van der Waals surface area contributed by atoms with Gasteiger partial charge in [0.1, 0.15) is 28.2 Å². The molecule has 0 unspecified atom stereocenters. The summed E-state index contributed by atoms with van der Waals surface area (Å²) in [5.41, 5.74) is 9.66. The normalized spacial score (nSPS) is 11.4. The topological polar surface area (TPSA) is 57.1 Å². The van der Waals surface area contributed by atoms with Crippen LogP contribution in [0.25, 0.3) is 54.6 Å². The van der Waals surface area contributed by atoms with E-state index in [1.807, 2.05) is 6.20 Å². The Labute approximate surface area is 344 Å². The largest absolute Gasteiger partial charge is 0.494 e. The lowest BCUT2D eigenvalue weighted by Crippen LogP contribution is -2.01. The minimum Gasteiger partial charge on any atom is -0.494 e. The summed E-state index contributed by atoms with van der Waals surface area (Å²) in [6.07, 6.45) is 22.6. The standard InChI is InChI=1S/C49H61N3O2S2/c1-5-7-9-11-13-15-17-19-29-53-40-25-21-38(22-26-40)45-46(39-23-27-41(28-24-39)54-30-20-18-16-14-12-10-8-6-2)52-49-47(51-45)42(43-31-36(3)34-55-43)33-50-48(49)44-32-37(4)35-56-44/h21-28,31-35H,5-20,29-30H2,1-4H3. The fraction of sp³-hybridized carbons (Fsp3) is 0.449. The molecule has 0 aliphatic heterocycles. The summed E-state index contributed by atoms with van der Waals surface area (Å²) in [6.45, 7) is 10.3. The third-order valence-electron chi connectivity index (χ3n) is 10.4. The lowest BCUT2D eigenvalue weighted by atomic mass is 10.0. The van der Waals surface area contributed by atoms with E-state index in [9.17, 15) is 0 Å². The van der Waals surface area contributed by atoms with Gasteiger partial charge in [-0.15, -0.1) is 22.7 Å². The van der Waals surface area contributed by atoms with Crippen molar-refractivity contribution in [3.05, 3.63) is 88.7 Å². The summed E-state index contributed by atoms with van der Waals surface area (Å²) in [4.78, 5) is 18.3. The van der Waals surface area contributed by atoms with E-state index in [0.717, 1.165) is 92.1 Å². The van der Waals surface area contributed by atoms with Gasteiger partial charge in [-0.25, -0.2) is 9.97 Å². The molecule has 0 radical (unpaired) electrons. The van der Waals surface area contributed by atoms with Crippen LogP contribution in [-0.4, -0.2) is 28.2 Å². The van der Waals surface area contributed by atoms with E-state index in [1.54, 1.807) is 22.7 Å². The van der Waals surface area contributed by atoms with E-state index >= 15 is 0 Å². The number of aryl methyl sites for hydroxylation is 2. The molecule has 0 bridgehead atoms. The predicted molar refractivity (Wildman–Crippen MR) is 241 cm³/mol. The third kappa shape index (κ3) is 11.7. The first-order chi connectivity index (χ1) is 27.5. The second kappa shape index (κ2) is 22.0. The average molecular weight is 788 g/mol. The van der Waals surface area contributed by atoms with Crippen molar-refractivity contribution in [1.82, 2.24) is 15.0 Å². The number of hydrogen-bond donors (Lipinski definition) is 0. The van der Waals surface area contributed by atoms with Gasteiger partial charge < -0.3 is 9.47 Å². The average Bonchev–Trinajstić information content (AvgIpc) is 3.86. The summed E-state index contributed by atoms with van der Waals surface area (Å²) >= 11 is 3.43. The van der Waals surface area contributed by atoms with Gasteiger partial charge in [-0.1, -0.05) is 104 Å². The highest BCUT2D eigenvalue weighted by atomic mass is 32.1. The molecule has 0 amide bonds. The lowest BCUT2D eigenvalue weighted by Gasteiger charge is -2.15. The van der Waals surface area contributed by atoms with Crippen LogP contribution in [0.5, 0.6) is 11.5 Å². The number of pyridine rings is 1. The zero-order valence-corrected chi connectivity index (χ0v) is 35.8. The monoisotopic (exact) mass is 787 g/mol. The Kier molecular flexibility index (Phi) is 16.3. The number of fused-ring (bicyclic) bond motifs is 1. The summed E-state index contributed by atoms with van der Waals surface area (Å²) in [6, 6.07) is 21.2. The number of hydrogen-bond acceptors (Lipinski definition) is 7. The number of benzene rings is 2. The number of unbranched alkanes of at least 4 members (excludes halogenated alkanes) is 14. The maximum Gasteiger partial charge on any atom is 0.119 e. The second-order valence-electron chi connectivity index (χ2n) is 15.3. The van der Waals surface area contributed by atoms with Crippen molar-refractivity contribution in [2.75, 3.05) is 13.2 Å². The highest BCUT2D eigenvalue weighted by molar-refractivity contribution is 7.14. The number of nitrogens with zero attached hydrogens (tertiary/aromatic N) is 3. The molecule has 0 aliphatic rings. The van der Waals surface area contributed by atoms with Gasteiger partial charge in [0.25, 0.3) is 0 Å². The quantitative estimate of drug-likeness (QED) is 0.0572. The predicted octanol–water partition coefficient (Wildman–Crippen LogP) is 15.5. The van der Waals surface area contributed by atoms with Crippen LogP contribution in [0, 0.1) is 13.8 Å². The van der Waals surface area contributed by atoms with E-state index < -0.39 is 0 Å². The molecule has 4 aromatic heterocycles. The summed E-state index contributed by atoms with van der Waals surface area (Å²) in [5.74, 6) is 1.77. The van der Waals surface area contributed by atoms with Gasteiger partial charge in [-0.2, -0.15) is 0 Å². The maximum atomic E-state index is 6.20. The summed E-state index contributed by atoms with van der Waals surface area (Å²) in [5, 5.41) is 4.36. The lowest BCUT2D eigenvalue weighted by molar-refractivity contribution is 0.304. The molecule has 2 aromatic carbocycles. The summed E-state index contributed by atoms with van der Waals surface area (Å²) < 4.78 is 12.4. The van der Waals surface area contributed by atoms with Crippen LogP contribution >= 0.6 is 22.7 Å². The molecule has 6 rings (SSSR count). The van der Waals surface area contributed by atoms with Gasteiger partial charge in [0.2, 0.25) is 0 Å². The van der Waals surface area contributed by atoms with Gasteiger partial charge >= 0.3 is 0 Å². The number of aromatic nitrogens is 3. The molecule has 0 saturated heterocycles. The van der Waals surface area contributed by atoms with Crippen LogP contribution in [0.15, 0.2) is 77.6 Å².